The zero-order valence-corrected chi connectivity index (χ0v) is 13.0. The summed E-state index contributed by atoms with van der Waals surface area (Å²) in [4.78, 5) is 4.88. The number of likely N-dealkylation sites (N-methyl/N-ethyl adjacent to an activating group) is 2. The summed E-state index contributed by atoms with van der Waals surface area (Å²) in [6.45, 7) is 3.39. The Hall–Kier alpha value is -0.900. The van der Waals surface area contributed by atoms with E-state index in [1.807, 2.05) is 0 Å². The van der Waals surface area contributed by atoms with Gasteiger partial charge in [-0.2, -0.15) is 0 Å². The fraction of sp³-hybridized carbons (Fsp3) is 0.647. The van der Waals surface area contributed by atoms with E-state index in [1.54, 1.807) is 0 Å². The molecule has 0 bridgehead atoms. The number of likely N-dealkylation sites (tertiary alicyclic amines) is 1. The maximum atomic E-state index is 6.28. The second-order valence-corrected chi connectivity index (χ2v) is 6.28. The molecule has 2 atom stereocenters. The van der Waals surface area contributed by atoms with Crippen molar-refractivity contribution in [3.8, 4) is 0 Å². The third-order valence-corrected chi connectivity index (χ3v) is 4.39. The fourth-order valence-corrected chi connectivity index (χ4v) is 3.13. The van der Waals surface area contributed by atoms with E-state index in [0.29, 0.717) is 0 Å². The molecule has 2 unspecified atom stereocenters. The maximum absolute atomic E-state index is 6.28. The van der Waals surface area contributed by atoms with Gasteiger partial charge in [0.25, 0.3) is 0 Å². The summed E-state index contributed by atoms with van der Waals surface area (Å²) in [7, 11) is 4.44. The van der Waals surface area contributed by atoms with Crippen LogP contribution in [0.25, 0.3) is 0 Å². The van der Waals surface area contributed by atoms with Crippen molar-refractivity contribution in [3.05, 3.63) is 35.9 Å². The van der Waals surface area contributed by atoms with Gasteiger partial charge in [0.05, 0.1) is 0 Å². The first kappa shape index (κ1) is 15.5. The van der Waals surface area contributed by atoms with E-state index in [-0.39, 0.29) is 6.04 Å². The lowest BCUT2D eigenvalue weighted by atomic mass is 10.1. The summed E-state index contributed by atoms with van der Waals surface area (Å²) < 4.78 is 0. The Morgan fingerprint density at radius 2 is 2.10 bits per heavy atom. The molecule has 1 aromatic carbocycles. The van der Waals surface area contributed by atoms with Gasteiger partial charge in [0.1, 0.15) is 0 Å². The van der Waals surface area contributed by atoms with Gasteiger partial charge in [0.2, 0.25) is 0 Å². The Morgan fingerprint density at radius 1 is 1.35 bits per heavy atom. The zero-order chi connectivity index (χ0) is 14.4. The van der Waals surface area contributed by atoms with Gasteiger partial charge in [0.15, 0.2) is 0 Å². The van der Waals surface area contributed by atoms with Crippen LogP contribution >= 0.6 is 0 Å². The van der Waals surface area contributed by atoms with E-state index in [9.17, 15) is 0 Å². The van der Waals surface area contributed by atoms with Crippen molar-refractivity contribution in [1.82, 2.24) is 9.80 Å². The third kappa shape index (κ3) is 4.89. The van der Waals surface area contributed by atoms with Crippen molar-refractivity contribution in [2.75, 3.05) is 33.7 Å². The lowest BCUT2D eigenvalue weighted by Crippen LogP contribution is -2.42. The van der Waals surface area contributed by atoms with Crippen LogP contribution in [-0.2, 0) is 6.42 Å². The summed E-state index contributed by atoms with van der Waals surface area (Å²) in [5, 5.41) is 0. The molecule has 1 aliphatic heterocycles. The maximum Gasteiger partial charge on any atom is 0.0220 e. The number of hydrogen-bond acceptors (Lipinski definition) is 3. The predicted molar refractivity (Wildman–Crippen MR) is 85.9 cm³/mol. The molecule has 0 amide bonds. The van der Waals surface area contributed by atoms with E-state index in [0.717, 1.165) is 32.0 Å². The van der Waals surface area contributed by atoms with E-state index in [2.05, 4.69) is 54.2 Å². The Bertz CT molecular complexity index is 379. The highest BCUT2D eigenvalue weighted by molar-refractivity contribution is 5.14. The number of rotatable bonds is 7. The molecule has 1 aromatic rings. The Kier molecular flexibility index (Phi) is 6.02. The molecule has 0 saturated carbocycles. The number of aryl methyl sites for hydroxylation is 1. The molecule has 1 saturated heterocycles. The number of hydrogen-bond donors (Lipinski definition) is 1. The monoisotopic (exact) mass is 275 g/mol. The largest absolute Gasteiger partial charge is 0.327 e. The summed E-state index contributed by atoms with van der Waals surface area (Å²) in [6, 6.07) is 11.6. The van der Waals surface area contributed by atoms with E-state index >= 15 is 0 Å². The second-order valence-electron chi connectivity index (χ2n) is 6.28. The highest BCUT2D eigenvalue weighted by atomic mass is 15.2. The smallest absolute Gasteiger partial charge is 0.0220 e. The molecule has 20 heavy (non-hydrogen) atoms. The van der Waals surface area contributed by atoms with Crippen LogP contribution in [0.5, 0.6) is 0 Å². The molecule has 3 heteroatoms. The third-order valence-electron chi connectivity index (χ3n) is 4.39. The van der Waals surface area contributed by atoms with Crippen molar-refractivity contribution in [2.45, 2.75) is 37.8 Å². The highest BCUT2D eigenvalue weighted by Gasteiger charge is 2.22. The van der Waals surface area contributed by atoms with Gasteiger partial charge in [-0.05, 0) is 51.9 Å². The van der Waals surface area contributed by atoms with Crippen LogP contribution in [-0.4, -0.2) is 55.6 Å². The molecule has 0 aliphatic carbocycles. The van der Waals surface area contributed by atoms with Gasteiger partial charge in [-0.15, -0.1) is 0 Å². The van der Waals surface area contributed by atoms with Crippen LogP contribution in [0.15, 0.2) is 30.3 Å². The minimum Gasteiger partial charge on any atom is -0.327 e. The number of benzene rings is 1. The predicted octanol–water partition coefficient (Wildman–Crippen LogP) is 1.97. The van der Waals surface area contributed by atoms with E-state index < -0.39 is 0 Å². The molecule has 112 valence electrons. The summed E-state index contributed by atoms with van der Waals surface area (Å²) >= 11 is 0. The lowest BCUT2D eigenvalue weighted by molar-refractivity contribution is 0.211. The normalized spacial score (nSPS) is 21.5. The first-order valence-electron chi connectivity index (χ1n) is 7.83. The Labute approximate surface area is 123 Å². The van der Waals surface area contributed by atoms with Gasteiger partial charge in [-0.25, -0.2) is 0 Å². The quantitative estimate of drug-likeness (QED) is 0.826. The van der Waals surface area contributed by atoms with Crippen LogP contribution in [0.3, 0.4) is 0 Å². The van der Waals surface area contributed by atoms with E-state index in [4.69, 9.17) is 5.73 Å². The van der Waals surface area contributed by atoms with Crippen molar-refractivity contribution in [3.63, 3.8) is 0 Å². The minimum atomic E-state index is 0.270. The van der Waals surface area contributed by atoms with Crippen LogP contribution in [0.2, 0.25) is 0 Å². The van der Waals surface area contributed by atoms with Crippen LogP contribution in [0.1, 0.15) is 24.8 Å². The second kappa shape index (κ2) is 7.77. The van der Waals surface area contributed by atoms with Crippen molar-refractivity contribution in [1.29, 1.82) is 0 Å². The Balaban J connectivity index is 1.67. The number of nitrogens with two attached hydrogens (primary N) is 1. The SMILES string of the molecule is CN(CC(N)CCc1ccccc1)CC1CCCN1C. The standard InChI is InChI=1S/C17H29N3/c1-19(14-17-9-6-12-20(17)2)13-16(18)11-10-15-7-4-3-5-8-15/h3-5,7-8,16-17H,6,9-14,18H2,1-2H3. The highest BCUT2D eigenvalue weighted by Crippen LogP contribution is 2.15. The van der Waals surface area contributed by atoms with Crippen molar-refractivity contribution < 1.29 is 0 Å². The molecule has 3 nitrogen and oxygen atoms in total. The molecular formula is C17H29N3. The van der Waals surface area contributed by atoms with Gasteiger partial charge in [0, 0.05) is 25.2 Å². The zero-order valence-electron chi connectivity index (χ0n) is 13.0. The summed E-state index contributed by atoms with van der Waals surface area (Å²) in [5.74, 6) is 0. The molecule has 2 rings (SSSR count). The van der Waals surface area contributed by atoms with Gasteiger partial charge in [-0.1, -0.05) is 30.3 Å². The topological polar surface area (TPSA) is 32.5 Å². The summed E-state index contributed by atoms with van der Waals surface area (Å²) in [6.07, 6.45) is 4.82. The molecule has 0 spiro atoms. The molecule has 2 N–H and O–H groups in total. The van der Waals surface area contributed by atoms with Gasteiger partial charge in [-0.3, -0.25) is 0 Å². The Morgan fingerprint density at radius 3 is 2.75 bits per heavy atom. The summed E-state index contributed by atoms with van der Waals surface area (Å²) in [5.41, 5.74) is 7.67. The minimum absolute atomic E-state index is 0.270. The fourth-order valence-electron chi connectivity index (χ4n) is 3.13. The van der Waals surface area contributed by atoms with Crippen LogP contribution in [0, 0.1) is 0 Å². The first-order valence-corrected chi connectivity index (χ1v) is 7.83. The number of nitrogens with zero attached hydrogens (tertiary/aromatic N) is 2. The average Bonchev–Trinajstić information content (AvgIpc) is 2.83. The first-order chi connectivity index (χ1) is 9.65. The van der Waals surface area contributed by atoms with Crippen molar-refractivity contribution >= 4 is 0 Å². The molecule has 1 fully saturated rings. The van der Waals surface area contributed by atoms with Crippen LogP contribution < -0.4 is 5.73 Å². The molecule has 0 radical (unpaired) electrons. The average molecular weight is 275 g/mol. The van der Waals surface area contributed by atoms with E-state index in [1.165, 1.54) is 24.9 Å². The van der Waals surface area contributed by atoms with Gasteiger partial charge < -0.3 is 15.5 Å². The molecule has 1 aliphatic rings. The lowest BCUT2D eigenvalue weighted by Gasteiger charge is -2.27. The molecule has 1 heterocycles. The van der Waals surface area contributed by atoms with Gasteiger partial charge >= 0.3 is 0 Å². The molecule has 0 aromatic heterocycles. The van der Waals surface area contributed by atoms with Crippen LogP contribution in [0.4, 0.5) is 0 Å². The molecular weight excluding hydrogens is 246 g/mol. The van der Waals surface area contributed by atoms with Crippen molar-refractivity contribution in [2.24, 2.45) is 5.73 Å².